The number of carbonyl (C=O) groups is 4. The molecule has 20 heteroatoms. The van der Waals surface area contributed by atoms with Crippen molar-refractivity contribution in [1.82, 2.24) is 20.2 Å². The standard InChI is InChI=1S/C20H22N10O7S3/c1-6(15(32)33)37-28-11(8-4-40-19(23)25-8)14(31)27-20(5-38)17(36)29-12(16(34)35)7(3-39-18(20)29)13-26-9(21)2-10(22)30(13)24/h2,4-6,10,18H,3,21-22,24H2,1H3,(H2,23,25)(H,27,31)(H,32,33)(H,34,35)/b28-11-/t6?,10?,18-,20?/m0/s1. The number of amides is 2. The van der Waals surface area contributed by atoms with Gasteiger partial charge in [-0.05, 0) is 13.0 Å². The second-order valence-corrected chi connectivity index (χ2v) is 10.6. The molecule has 4 atom stereocenters. The third-order valence-electron chi connectivity index (χ3n) is 5.86. The van der Waals surface area contributed by atoms with Gasteiger partial charge in [0.15, 0.2) is 22.2 Å². The van der Waals surface area contributed by atoms with E-state index < -0.39 is 58.3 Å². The Morgan fingerprint density at radius 2 is 2.08 bits per heavy atom. The number of carboxylic acids is 2. The predicted octanol–water partition coefficient (Wildman–Crippen LogP) is -2.30. The van der Waals surface area contributed by atoms with Crippen molar-refractivity contribution in [1.29, 1.82) is 0 Å². The van der Waals surface area contributed by atoms with Crippen LogP contribution in [0.25, 0.3) is 0 Å². The van der Waals surface area contributed by atoms with E-state index in [0.717, 1.165) is 38.4 Å². The van der Waals surface area contributed by atoms with Crippen LogP contribution in [-0.4, -0.2) is 94.7 Å². The molecule has 0 radical (unpaired) electrons. The molecule has 1 aromatic rings. The van der Waals surface area contributed by atoms with Crippen LogP contribution in [0.1, 0.15) is 12.6 Å². The Morgan fingerprint density at radius 1 is 1.38 bits per heavy atom. The summed E-state index contributed by atoms with van der Waals surface area (Å²) in [6.07, 6.45) is -0.954. The lowest BCUT2D eigenvalue weighted by molar-refractivity contribution is -0.153. The molecule has 40 heavy (non-hydrogen) atoms. The Kier molecular flexibility index (Phi) is 7.81. The first-order chi connectivity index (χ1) is 18.8. The van der Waals surface area contributed by atoms with Crippen molar-refractivity contribution in [3.63, 3.8) is 0 Å². The lowest BCUT2D eigenvalue weighted by Crippen LogP contribution is -2.81. The molecule has 4 rings (SSSR count). The number of hydrogen-bond acceptors (Lipinski definition) is 16. The fraction of sp³-hybridized carbons (Fsp3) is 0.300. The number of anilines is 1. The van der Waals surface area contributed by atoms with Crippen molar-refractivity contribution in [2.45, 2.75) is 30.1 Å². The molecule has 0 aromatic carbocycles. The maximum Gasteiger partial charge on any atom is 0.353 e. The molecule has 0 saturated carbocycles. The second-order valence-electron chi connectivity index (χ2n) is 8.43. The van der Waals surface area contributed by atoms with Gasteiger partial charge in [0, 0.05) is 22.1 Å². The SMILES string of the molecule is CC(O/N=C(\C(=O)NC1(C=S)C(=O)N2C(C(=O)O)=C(C3=NC(N)=CC(N)N3N)CS[C@H]21)c1csc(N)n1)C(=O)O. The number of aliphatic carboxylic acids is 2. The maximum atomic E-state index is 13.5. The van der Waals surface area contributed by atoms with Crippen LogP contribution in [0.3, 0.4) is 0 Å². The fourth-order valence-electron chi connectivity index (χ4n) is 3.87. The quantitative estimate of drug-likeness (QED) is 0.0509. The summed E-state index contributed by atoms with van der Waals surface area (Å²) in [5.41, 5.74) is 14.6. The van der Waals surface area contributed by atoms with Crippen LogP contribution in [0.4, 0.5) is 5.13 Å². The van der Waals surface area contributed by atoms with Crippen LogP contribution in [0.2, 0.25) is 0 Å². The fourth-order valence-corrected chi connectivity index (χ4v) is 6.22. The first-order valence-electron chi connectivity index (χ1n) is 11.1. The number of thiazole rings is 1. The lowest BCUT2D eigenvalue weighted by atomic mass is 9.87. The van der Waals surface area contributed by atoms with Gasteiger partial charge in [-0.3, -0.25) is 19.5 Å². The number of fused-ring (bicyclic) bond motifs is 1. The number of nitrogens with zero attached hydrogens (tertiary/aromatic N) is 5. The number of amidine groups is 1. The van der Waals surface area contributed by atoms with Crippen molar-refractivity contribution in [2.75, 3.05) is 11.5 Å². The Labute approximate surface area is 238 Å². The molecule has 0 spiro atoms. The van der Waals surface area contributed by atoms with Crippen molar-refractivity contribution < 1.29 is 34.2 Å². The minimum atomic E-state index is -1.85. The van der Waals surface area contributed by atoms with E-state index in [1.807, 2.05) is 0 Å². The summed E-state index contributed by atoms with van der Waals surface area (Å²) >= 11 is 7.17. The van der Waals surface area contributed by atoms with Gasteiger partial charge in [0.25, 0.3) is 11.8 Å². The molecule has 1 fully saturated rings. The number of carboxylic acid groups (broad SMARTS) is 2. The zero-order chi connectivity index (χ0) is 29.5. The summed E-state index contributed by atoms with van der Waals surface area (Å²) < 4.78 is 0. The number of nitrogens with one attached hydrogen (secondary N) is 1. The summed E-state index contributed by atoms with van der Waals surface area (Å²) in [6, 6.07) is 0. The molecule has 2 amide bonds. The molecule has 1 saturated heterocycles. The summed E-state index contributed by atoms with van der Waals surface area (Å²) in [7, 11) is 0. The van der Waals surface area contributed by atoms with E-state index in [1.54, 1.807) is 0 Å². The predicted molar refractivity (Wildman–Crippen MR) is 147 cm³/mol. The van der Waals surface area contributed by atoms with Gasteiger partial charge in [0.2, 0.25) is 6.10 Å². The topological polar surface area (TPSA) is 278 Å². The van der Waals surface area contributed by atoms with E-state index in [4.69, 9.17) is 45.2 Å². The van der Waals surface area contributed by atoms with Gasteiger partial charge in [-0.15, -0.1) is 23.1 Å². The van der Waals surface area contributed by atoms with E-state index >= 15 is 0 Å². The largest absolute Gasteiger partial charge is 0.478 e. The summed E-state index contributed by atoms with van der Waals surface area (Å²) in [6.45, 7) is 1.19. The van der Waals surface area contributed by atoms with Crippen LogP contribution in [-0.2, 0) is 24.0 Å². The molecular formula is C20H22N10O7S3. The number of thioether (sulfide) groups is 1. The number of aromatic nitrogens is 1. The Morgan fingerprint density at radius 3 is 2.65 bits per heavy atom. The Balaban J connectivity index is 1.68. The highest BCUT2D eigenvalue weighted by atomic mass is 32.2. The molecule has 4 heterocycles. The van der Waals surface area contributed by atoms with Gasteiger partial charge in [-0.2, -0.15) is 0 Å². The van der Waals surface area contributed by atoms with Gasteiger partial charge in [0.05, 0.1) is 0 Å². The van der Waals surface area contributed by atoms with E-state index in [-0.39, 0.29) is 33.8 Å². The zero-order valence-corrected chi connectivity index (χ0v) is 22.8. The van der Waals surface area contributed by atoms with E-state index in [9.17, 15) is 24.3 Å². The molecule has 3 unspecified atom stereocenters. The third-order valence-corrected chi connectivity index (χ3v) is 8.26. The highest BCUT2D eigenvalue weighted by Gasteiger charge is 2.65. The van der Waals surface area contributed by atoms with Crippen LogP contribution in [0.5, 0.6) is 0 Å². The van der Waals surface area contributed by atoms with Gasteiger partial charge in [-0.1, -0.05) is 17.4 Å². The number of hydrogen-bond donors (Lipinski definition) is 7. The minimum absolute atomic E-state index is 0.0120. The minimum Gasteiger partial charge on any atom is -0.478 e. The first kappa shape index (κ1) is 28.9. The average molecular weight is 611 g/mol. The molecule has 0 bridgehead atoms. The van der Waals surface area contributed by atoms with Crippen LogP contribution in [0.15, 0.2) is 38.7 Å². The molecule has 0 aliphatic carbocycles. The van der Waals surface area contributed by atoms with Crippen LogP contribution in [0, 0.1) is 0 Å². The highest BCUT2D eigenvalue weighted by Crippen LogP contribution is 2.46. The monoisotopic (exact) mass is 610 g/mol. The number of aliphatic imine (C=N–C) groups is 1. The summed E-state index contributed by atoms with van der Waals surface area (Å²) in [5, 5.41) is 27.8. The number of oxime groups is 1. The highest BCUT2D eigenvalue weighted by molar-refractivity contribution is 8.00. The number of nitrogen functional groups attached to an aromatic ring is 1. The van der Waals surface area contributed by atoms with Crippen molar-refractivity contribution in [3.8, 4) is 0 Å². The van der Waals surface area contributed by atoms with Crippen molar-refractivity contribution >= 4 is 81.1 Å². The van der Waals surface area contributed by atoms with Crippen LogP contribution >= 0.6 is 35.3 Å². The molecular weight excluding hydrogens is 588 g/mol. The number of thiocarbonyl (C=S) groups is 1. The molecule has 3 aliphatic rings. The molecule has 17 nitrogen and oxygen atoms in total. The van der Waals surface area contributed by atoms with Crippen molar-refractivity contribution in [3.05, 3.63) is 34.2 Å². The smallest absolute Gasteiger partial charge is 0.353 e. The molecule has 1 aromatic heterocycles. The molecule has 11 N–H and O–H groups in total. The van der Waals surface area contributed by atoms with Gasteiger partial charge < -0.3 is 37.6 Å². The van der Waals surface area contributed by atoms with Crippen molar-refractivity contribution in [2.24, 2.45) is 27.5 Å². The number of β-lactam (4-membered cyclic amide) rings is 1. The molecule has 212 valence electrons. The zero-order valence-electron chi connectivity index (χ0n) is 20.4. The number of rotatable bonds is 9. The number of carbonyl (C=O) groups excluding carboxylic acids is 2. The second kappa shape index (κ2) is 10.8. The van der Waals surface area contributed by atoms with Gasteiger partial charge in [0.1, 0.15) is 28.8 Å². The van der Waals surface area contributed by atoms with Gasteiger partial charge >= 0.3 is 11.9 Å². The summed E-state index contributed by atoms with van der Waals surface area (Å²) in [5.74, 6) is 1.27. The maximum absolute atomic E-state index is 13.5. The molecule has 3 aliphatic heterocycles. The van der Waals surface area contributed by atoms with E-state index in [2.05, 4.69) is 20.4 Å². The number of hydrazine groups is 1. The normalized spacial score (nSPS) is 25.3. The van der Waals surface area contributed by atoms with Crippen LogP contribution < -0.4 is 28.4 Å². The number of nitrogens with two attached hydrogens (primary N) is 4. The van der Waals surface area contributed by atoms with Gasteiger partial charge in [-0.25, -0.2) is 25.4 Å². The van der Waals surface area contributed by atoms with E-state index in [0.29, 0.717) is 0 Å². The Hall–Kier alpha value is -4.11. The lowest BCUT2D eigenvalue weighted by Gasteiger charge is -2.55. The van der Waals surface area contributed by atoms with E-state index in [1.165, 1.54) is 18.4 Å². The average Bonchev–Trinajstić information content (AvgIpc) is 3.33. The first-order valence-corrected chi connectivity index (χ1v) is 13.5. The Bertz CT molecular complexity index is 1440. The third kappa shape index (κ3) is 4.86. The summed E-state index contributed by atoms with van der Waals surface area (Å²) in [4.78, 5) is 64.3.